The Balaban J connectivity index is 1.62. The standard InChI is InChI=1S/C13H16ClN3O3/c14-10-2-4-11(5-3-10)16-12(18)15-6-1-7-17-8-9-20-13(17)19/h2-5H,1,6-9H2,(H2,15,16,18). The van der Waals surface area contributed by atoms with E-state index in [4.69, 9.17) is 16.3 Å². The van der Waals surface area contributed by atoms with Crippen molar-refractivity contribution in [2.75, 3.05) is 31.6 Å². The van der Waals surface area contributed by atoms with Crippen LogP contribution < -0.4 is 10.6 Å². The van der Waals surface area contributed by atoms with Crippen LogP contribution in [0.5, 0.6) is 0 Å². The van der Waals surface area contributed by atoms with E-state index >= 15 is 0 Å². The maximum atomic E-state index is 11.6. The maximum absolute atomic E-state index is 11.6. The van der Waals surface area contributed by atoms with E-state index in [1.165, 1.54) is 0 Å². The van der Waals surface area contributed by atoms with Crippen LogP contribution in [0.3, 0.4) is 0 Å². The molecule has 1 heterocycles. The van der Waals surface area contributed by atoms with E-state index in [1.807, 2.05) is 0 Å². The molecule has 2 N–H and O–H groups in total. The summed E-state index contributed by atoms with van der Waals surface area (Å²) in [6, 6.07) is 6.58. The van der Waals surface area contributed by atoms with Crippen LogP contribution in [0.1, 0.15) is 6.42 Å². The lowest BCUT2D eigenvalue weighted by atomic mass is 10.3. The number of benzene rings is 1. The van der Waals surface area contributed by atoms with Crippen LogP contribution in [-0.4, -0.2) is 43.3 Å². The van der Waals surface area contributed by atoms with Crippen LogP contribution in [0.4, 0.5) is 15.3 Å². The van der Waals surface area contributed by atoms with Crippen LogP contribution >= 0.6 is 11.6 Å². The molecule has 1 aromatic rings. The molecule has 0 radical (unpaired) electrons. The summed E-state index contributed by atoms with van der Waals surface area (Å²) in [7, 11) is 0. The molecule has 6 nitrogen and oxygen atoms in total. The summed E-state index contributed by atoms with van der Waals surface area (Å²) in [4.78, 5) is 24.4. The summed E-state index contributed by atoms with van der Waals surface area (Å²) in [5, 5.41) is 6.03. The fraction of sp³-hybridized carbons (Fsp3) is 0.385. The SMILES string of the molecule is O=C(NCCCN1CCOC1=O)Nc1ccc(Cl)cc1. The Hall–Kier alpha value is -1.95. The number of carbonyl (C=O) groups is 2. The third-order valence-corrected chi connectivity index (χ3v) is 3.09. The van der Waals surface area contributed by atoms with E-state index in [9.17, 15) is 9.59 Å². The molecule has 20 heavy (non-hydrogen) atoms. The number of anilines is 1. The van der Waals surface area contributed by atoms with E-state index in [2.05, 4.69) is 10.6 Å². The van der Waals surface area contributed by atoms with Gasteiger partial charge in [0, 0.05) is 23.8 Å². The lowest BCUT2D eigenvalue weighted by Crippen LogP contribution is -2.32. The molecule has 0 aliphatic carbocycles. The first-order valence-electron chi connectivity index (χ1n) is 6.37. The first-order chi connectivity index (χ1) is 9.65. The van der Waals surface area contributed by atoms with Gasteiger partial charge in [0.2, 0.25) is 0 Å². The molecule has 0 atom stereocenters. The highest BCUT2D eigenvalue weighted by atomic mass is 35.5. The average molecular weight is 298 g/mol. The number of ether oxygens (including phenoxy) is 1. The summed E-state index contributed by atoms with van der Waals surface area (Å²) >= 11 is 5.75. The number of urea groups is 1. The Morgan fingerprint density at radius 2 is 2.10 bits per heavy atom. The van der Waals surface area contributed by atoms with Gasteiger partial charge in [-0.2, -0.15) is 0 Å². The van der Waals surface area contributed by atoms with Gasteiger partial charge >= 0.3 is 12.1 Å². The summed E-state index contributed by atoms with van der Waals surface area (Å²) < 4.78 is 4.81. The number of halogens is 1. The van der Waals surface area contributed by atoms with Crippen LogP contribution in [0.25, 0.3) is 0 Å². The van der Waals surface area contributed by atoms with Gasteiger partial charge < -0.3 is 20.3 Å². The summed E-state index contributed by atoms with van der Waals surface area (Å²) in [5.74, 6) is 0. The second-order valence-electron chi connectivity index (χ2n) is 4.34. The quantitative estimate of drug-likeness (QED) is 0.819. The average Bonchev–Trinajstić information content (AvgIpc) is 2.83. The minimum absolute atomic E-state index is 0.281. The maximum Gasteiger partial charge on any atom is 0.409 e. The van der Waals surface area contributed by atoms with Crippen LogP contribution in [0.2, 0.25) is 5.02 Å². The molecule has 108 valence electrons. The van der Waals surface area contributed by atoms with E-state index in [-0.39, 0.29) is 12.1 Å². The number of nitrogens with one attached hydrogen (secondary N) is 2. The van der Waals surface area contributed by atoms with Crippen molar-refractivity contribution in [3.63, 3.8) is 0 Å². The van der Waals surface area contributed by atoms with Crippen LogP contribution in [0, 0.1) is 0 Å². The molecule has 1 aliphatic heterocycles. The zero-order chi connectivity index (χ0) is 14.4. The van der Waals surface area contributed by atoms with E-state index in [0.29, 0.717) is 43.4 Å². The van der Waals surface area contributed by atoms with Crippen LogP contribution in [0.15, 0.2) is 24.3 Å². The van der Waals surface area contributed by atoms with Crippen molar-refractivity contribution in [1.29, 1.82) is 0 Å². The highest BCUT2D eigenvalue weighted by Crippen LogP contribution is 2.13. The lowest BCUT2D eigenvalue weighted by molar-refractivity contribution is 0.158. The van der Waals surface area contributed by atoms with Crippen molar-refractivity contribution >= 4 is 29.4 Å². The second-order valence-corrected chi connectivity index (χ2v) is 4.78. The number of carbonyl (C=O) groups excluding carboxylic acids is 2. The molecule has 0 aromatic heterocycles. The second kappa shape index (κ2) is 7.00. The molecule has 3 amide bonds. The molecule has 1 aromatic carbocycles. The Bertz CT molecular complexity index is 478. The normalized spacial score (nSPS) is 14.1. The number of amides is 3. The first-order valence-corrected chi connectivity index (χ1v) is 6.75. The summed E-state index contributed by atoms with van der Waals surface area (Å²) in [6.07, 6.45) is 0.402. The number of hydrogen-bond donors (Lipinski definition) is 2. The van der Waals surface area contributed by atoms with Gasteiger partial charge in [-0.25, -0.2) is 9.59 Å². The highest BCUT2D eigenvalue weighted by molar-refractivity contribution is 6.30. The monoisotopic (exact) mass is 297 g/mol. The number of nitrogens with zero attached hydrogens (tertiary/aromatic N) is 1. The minimum Gasteiger partial charge on any atom is -0.448 e. The fourth-order valence-corrected chi connectivity index (χ4v) is 1.94. The summed E-state index contributed by atoms with van der Waals surface area (Å²) in [6.45, 7) is 2.14. The van der Waals surface area contributed by atoms with Gasteiger partial charge in [0.15, 0.2) is 0 Å². The highest BCUT2D eigenvalue weighted by Gasteiger charge is 2.20. The van der Waals surface area contributed by atoms with Crippen LogP contribution in [-0.2, 0) is 4.74 Å². The predicted molar refractivity (Wildman–Crippen MR) is 76.0 cm³/mol. The molecule has 1 fully saturated rings. The molecule has 1 saturated heterocycles. The molecule has 0 spiro atoms. The fourth-order valence-electron chi connectivity index (χ4n) is 1.81. The van der Waals surface area contributed by atoms with Crippen molar-refractivity contribution in [2.24, 2.45) is 0 Å². The Morgan fingerprint density at radius 1 is 1.35 bits per heavy atom. The Kier molecular flexibility index (Phi) is 5.06. The van der Waals surface area contributed by atoms with Gasteiger partial charge in [-0.3, -0.25) is 0 Å². The molecule has 1 aliphatic rings. The molecule has 0 saturated carbocycles. The smallest absolute Gasteiger partial charge is 0.409 e. The number of hydrogen-bond acceptors (Lipinski definition) is 3. The third-order valence-electron chi connectivity index (χ3n) is 2.84. The summed E-state index contributed by atoms with van der Waals surface area (Å²) in [5.41, 5.74) is 0.676. The molecular weight excluding hydrogens is 282 g/mol. The van der Waals surface area contributed by atoms with Gasteiger partial charge in [-0.1, -0.05) is 11.6 Å². The largest absolute Gasteiger partial charge is 0.448 e. The van der Waals surface area contributed by atoms with E-state index < -0.39 is 0 Å². The number of cyclic esters (lactones) is 1. The predicted octanol–water partition coefficient (Wildman–Crippen LogP) is 2.30. The molecule has 2 rings (SSSR count). The van der Waals surface area contributed by atoms with Crippen molar-refractivity contribution < 1.29 is 14.3 Å². The molecular formula is C13H16ClN3O3. The van der Waals surface area contributed by atoms with Crippen molar-refractivity contribution in [2.45, 2.75) is 6.42 Å². The minimum atomic E-state index is -0.282. The van der Waals surface area contributed by atoms with Gasteiger partial charge in [-0.15, -0.1) is 0 Å². The zero-order valence-electron chi connectivity index (χ0n) is 10.9. The van der Waals surface area contributed by atoms with Crippen molar-refractivity contribution in [3.05, 3.63) is 29.3 Å². The van der Waals surface area contributed by atoms with Gasteiger partial charge in [-0.05, 0) is 30.7 Å². The zero-order valence-corrected chi connectivity index (χ0v) is 11.7. The lowest BCUT2D eigenvalue weighted by Gasteiger charge is -2.12. The molecule has 7 heteroatoms. The topological polar surface area (TPSA) is 70.7 Å². The van der Waals surface area contributed by atoms with Gasteiger partial charge in [0.25, 0.3) is 0 Å². The Labute approximate surface area is 122 Å². The Morgan fingerprint density at radius 3 is 2.75 bits per heavy atom. The van der Waals surface area contributed by atoms with E-state index in [0.717, 1.165) is 0 Å². The number of rotatable bonds is 5. The van der Waals surface area contributed by atoms with Crippen molar-refractivity contribution in [3.8, 4) is 0 Å². The molecule has 0 unspecified atom stereocenters. The molecule has 0 bridgehead atoms. The van der Waals surface area contributed by atoms with Crippen molar-refractivity contribution in [1.82, 2.24) is 10.2 Å². The van der Waals surface area contributed by atoms with Gasteiger partial charge in [0.05, 0.1) is 6.54 Å². The first kappa shape index (κ1) is 14.5. The van der Waals surface area contributed by atoms with E-state index in [1.54, 1.807) is 29.2 Å². The van der Waals surface area contributed by atoms with Gasteiger partial charge in [0.1, 0.15) is 6.61 Å². The third kappa shape index (κ3) is 4.31.